The number of anilines is 1. The van der Waals surface area contributed by atoms with Crippen molar-refractivity contribution in [3.63, 3.8) is 0 Å². The molecule has 1 saturated heterocycles. The maximum absolute atomic E-state index is 11.3. The largest absolute Gasteiger partial charge is 0.382 e. The van der Waals surface area contributed by atoms with E-state index >= 15 is 0 Å². The fraction of sp³-hybridized carbons (Fsp3) is 0.500. The SMILES string of the molecule is Cc1cc(Br)ccc1NC1CCS(=O)(=O)CC1. The predicted molar refractivity (Wildman–Crippen MR) is 74.2 cm³/mol. The number of aryl methyl sites for hydroxylation is 1. The van der Waals surface area contributed by atoms with Crippen molar-refractivity contribution in [2.45, 2.75) is 25.8 Å². The first-order valence-corrected chi connectivity index (χ1v) is 8.31. The summed E-state index contributed by atoms with van der Waals surface area (Å²) in [4.78, 5) is 0. The van der Waals surface area contributed by atoms with Gasteiger partial charge in [-0.05, 0) is 43.5 Å². The Morgan fingerprint density at radius 3 is 2.53 bits per heavy atom. The summed E-state index contributed by atoms with van der Waals surface area (Å²) in [6, 6.07) is 6.36. The molecular formula is C12H16BrNO2S. The third-order valence-corrected chi connectivity index (χ3v) is 5.31. The van der Waals surface area contributed by atoms with Crippen molar-refractivity contribution in [2.75, 3.05) is 16.8 Å². The molecule has 94 valence electrons. The van der Waals surface area contributed by atoms with Gasteiger partial charge < -0.3 is 5.32 Å². The van der Waals surface area contributed by atoms with Crippen LogP contribution >= 0.6 is 15.9 Å². The van der Waals surface area contributed by atoms with Crippen molar-refractivity contribution in [1.82, 2.24) is 0 Å². The third-order valence-electron chi connectivity index (χ3n) is 3.10. The molecule has 5 heteroatoms. The highest BCUT2D eigenvalue weighted by Crippen LogP contribution is 2.23. The van der Waals surface area contributed by atoms with Crippen LogP contribution in [0, 0.1) is 6.92 Å². The van der Waals surface area contributed by atoms with Crippen LogP contribution < -0.4 is 5.32 Å². The zero-order valence-electron chi connectivity index (χ0n) is 9.74. The maximum Gasteiger partial charge on any atom is 0.150 e. The highest BCUT2D eigenvalue weighted by molar-refractivity contribution is 9.10. The Morgan fingerprint density at radius 2 is 1.94 bits per heavy atom. The van der Waals surface area contributed by atoms with Crippen molar-refractivity contribution in [1.29, 1.82) is 0 Å². The van der Waals surface area contributed by atoms with Gasteiger partial charge in [0.15, 0.2) is 0 Å². The Kier molecular flexibility index (Phi) is 3.78. The Labute approximate surface area is 111 Å². The molecule has 2 rings (SSSR count). The lowest BCUT2D eigenvalue weighted by Gasteiger charge is -2.25. The fourth-order valence-corrected chi connectivity index (χ4v) is 4.01. The minimum atomic E-state index is -2.77. The molecule has 1 N–H and O–H groups in total. The van der Waals surface area contributed by atoms with E-state index in [4.69, 9.17) is 0 Å². The molecule has 0 saturated carbocycles. The second-order valence-corrected chi connectivity index (χ2v) is 7.75. The highest BCUT2D eigenvalue weighted by Gasteiger charge is 2.23. The molecule has 0 radical (unpaired) electrons. The van der Waals surface area contributed by atoms with E-state index in [0.717, 1.165) is 10.2 Å². The summed E-state index contributed by atoms with van der Waals surface area (Å²) in [5.41, 5.74) is 2.27. The Balaban J connectivity index is 2.02. The highest BCUT2D eigenvalue weighted by atomic mass is 79.9. The number of hydrogen-bond acceptors (Lipinski definition) is 3. The van der Waals surface area contributed by atoms with Gasteiger partial charge in [-0.25, -0.2) is 8.42 Å². The van der Waals surface area contributed by atoms with Gasteiger partial charge in [-0.3, -0.25) is 0 Å². The molecule has 1 aliphatic rings. The van der Waals surface area contributed by atoms with Gasteiger partial charge in [-0.15, -0.1) is 0 Å². The molecule has 0 atom stereocenters. The van der Waals surface area contributed by atoms with Crippen LogP contribution in [0.15, 0.2) is 22.7 Å². The number of rotatable bonds is 2. The van der Waals surface area contributed by atoms with Crippen LogP contribution in [0.2, 0.25) is 0 Å². The van der Waals surface area contributed by atoms with E-state index in [0.29, 0.717) is 24.3 Å². The minimum absolute atomic E-state index is 0.276. The summed E-state index contributed by atoms with van der Waals surface area (Å²) in [6.45, 7) is 2.05. The van der Waals surface area contributed by atoms with Crippen LogP contribution in [0.4, 0.5) is 5.69 Å². The first-order chi connectivity index (χ1) is 7.96. The van der Waals surface area contributed by atoms with Gasteiger partial charge in [0.05, 0.1) is 11.5 Å². The maximum atomic E-state index is 11.3. The van der Waals surface area contributed by atoms with Gasteiger partial charge in [0.25, 0.3) is 0 Å². The Morgan fingerprint density at radius 1 is 1.29 bits per heavy atom. The van der Waals surface area contributed by atoms with E-state index in [9.17, 15) is 8.42 Å². The molecule has 0 unspecified atom stereocenters. The Bertz CT molecular complexity index is 499. The normalized spacial score (nSPS) is 20.1. The lowest BCUT2D eigenvalue weighted by Crippen LogP contribution is -2.32. The second-order valence-electron chi connectivity index (χ2n) is 4.53. The quantitative estimate of drug-likeness (QED) is 0.912. The molecule has 0 aromatic heterocycles. The summed E-state index contributed by atoms with van der Waals surface area (Å²) < 4.78 is 23.7. The van der Waals surface area contributed by atoms with Crippen LogP contribution in [0.3, 0.4) is 0 Å². The monoisotopic (exact) mass is 317 g/mol. The summed E-state index contributed by atoms with van der Waals surface area (Å²) in [7, 11) is -2.77. The molecule has 0 aliphatic carbocycles. The third kappa shape index (κ3) is 3.45. The lowest BCUT2D eigenvalue weighted by molar-refractivity contribution is 0.559. The molecule has 1 aliphatic heterocycles. The van der Waals surface area contributed by atoms with E-state index in [1.54, 1.807) is 0 Å². The second kappa shape index (κ2) is 4.98. The van der Waals surface area contributed by atoms with Gasteiger partial charge in [-0.2, -0.15) is 0 Å². The zero-order chi connectivity index (χ0) is 12.5. The van der Waals surface area contributed by atoms with Gasteiger partial charge in [-0.1, -0.05) is 15.9 Å². The van der Waals surface area contributed by atoms with E-state index < -0.39 is 9.84 Å². The van der Waals surface area contributed by atoms with Gasteiger partial charge in [0.1, 0.15) is 9.84 Å². The van der Waals surface area contributed by atoms with E-state index in [1.807, 2.05) is 19.1 Å². The lowest BCUT2D eigenvalue weighted by atomic mass is 10.1. The van der Waals surface area contributed by atoms with Crippen LogP contribution in [0.25, 0.3) is 0 Å². The van der Waals surface area contributed by atoms with Crippen molar-refractivity contribution in [3.8, 4) is 0 Å². The standard InChI is InChI=1S/C12H16BrNO2S/c1-9-8-10(13)2-3-12(9)14-11-4-6-17(15,16)7-5-11/h2-3,8,11,14H,4-7H2,1H3. The topological polar surface area (TPSA) is 46.2 Å². The van der Waals surface area contributed by atoms with Crippen LogP contribution in [-0.2, 0) is 9.84 Å². The van der Waals surface area contributed by atoms with Crippen LogP contribution in [-0.4, -0.2) is 26.0 Å². The van der Waals surface area contributed by atoms with Gasteiger partial charge >= 0.3 is 0 Å². The van der Waals surface area contributed by atoms with E-state index in [1.165, 1.54) is 5.56 Å². The summed E-state index contributed by atoms with van der Waals surface area (Å²) in [5.74, 6) is 0.612. The van der Waals surface area contributed by atoms with Gasteiger partial charge in [0, 0.05) is 16.2 Å². The first-order valence-electron chi connectivity index (χ1n) is 5.69. The fourth-order valence-electron chi connectivity index (χ4n) is 2.04. The number of nitrogens with one attached hydrogen (secondary N) is 1. The van der Waals surface area contributed by atoms with Crippen molar-refractivity contribution in [3.05, 3.63) is 28.2 Å². The van der Waals surface area contributed by atoms with Crippen molar-refractivity contribution < 1.29 is 8.42 Å². The van der Waals surface area contributed by atoms with Crippen molar-refractivity contribution in [2.24, 2.45) is 0 Å². The molecule has 1 heterocycles. The first kappa shape index (κ1) is 12.9. The molecule has 0 bridgehead atoms. The molecule has 0 spiro atoms. The molecule has 17 heavy (non-hydrogen) atoms. The molecule has 3 nitrogen and oxygen atoms in total. The molecule has 1 fully saturated rings. The van der Waals surface area contributed by atoms with Crippen LogP contribution in [0.1, 0.15) is 18.4 Å². The predicted octanol–water partition coefficient (Wildman–Crippen LogP) is 2.75. The van der Waals surface area contributed by atoms with E-state index in [-0.39, 0.29) is 6.04 Å². The number of halogens is 1. The smallest absolute Gasteiger partial charge is 0.150 e. The zero-order valence-corrected chi connectivity index (χ0v) is 12.1. The van der Waals surface area contributed by atoms with Crippen molar-refractivity contribution >= 4 is 31.5 Å². The molecule has 1 aromatic carbocycles. The molecule has 0 amide bonds. The average molecular weight is 318 g/mol. The Hall–Kier alpha value is -0.550. The summed E-state index contributed by atoms with van der Waals surface area (Å²) in [5, 5.41) is 3.43. The average Bonchev–Trinajstić information content (AvgIpc) is 2.25. The van der Waals surface area contributed by atoms with Crippen LogP contribution in [0.5, 0.6) is 0 Å². The summed E-state index contributed by atoms with van der Waals surface area (Å²) >= 11 is 3.43. The summed E-state index contributed by atoms with van der Waals surface area (Å²) in [6.07, 6.45) is 1.41. The number of hydrogen-bond donors (Lipinski definition) is 1. The minimum Gasteiger partial charge on any atom is -0.382 e. The van der Waals surface area contributed by atoms with E-state index in [2.05, 4.69) is 27.3 Å². The van der Waals surface area contributed by atoms with Gasteiger partial charge in [0.2, 0.25) is 0 Å². The number of benzene rings is 1. The molecule has 1 aromatic rings. The number of sulfone groups is 1. The molecular weight excluding hydrogens is 302 g/mol.